The standard InChI is InChI=1S/C22H17F3N4O/c1-29(21(30)16-8-10-27-11-9-16)19-6-2-15(3-7-19)14-28-18-5-4-17(13-26)20(12-18)22(23,24)25/h2-12,28H,14H2,1H3. The number of hydrogen-bond donors (Lipinski definition) is 1. The van der Waals surface area contributed by atoms with Crippen LogP contribution in [0.2, 0.25) is 0 Å². The van der Waals surface area contributed by atoms with Crippen LogP contribution >= 0.6 is 0 Å². The average Bonchev–Trinajstić information content (AvgIpc) is 2.77. The van der Waals surface area contributed by atoms with Crippen LogP contribution in [-0.4, -0.2) is 17.9 Å². The fourth-order valence-electron chi connectivity index (χ4n) is 2.83. The number of aromatic nitrogens is 1. The molecule has 1 aromatic heterocycles. The summed E-state index contributed by atoms with van der Waals surface area (Å²) >= 11 is 0. The van der Waals surface area contributed by atoms with Crippen LogP contribution in [0.5, 0.6) is 0 Å². The molecule has 5 nitrogen and oxygen atoms in total. The second kappa shape index (κ2) is 8.66. The highest BCUT2D eigenvalue weighted by molar-refractivity contribution is 6.05. The number of carbonyl (C=O) groups excluding carboxylic acids is 1. The van der Waals surface area contributed by atoms with Crippen molar-refractivity contribution in [2.45, 2.75) is 12.7 Å². The number of anilines is 2. The number of hydrogen-bond acceptors (Lipinski definition) is 4. The molecule has 3 rings (SSSR count). The Bertz CT molecular complexity index is 1070. The lowest BCUT2D eigenvalue weighted by Crippen LogP contribution is -2.26. The van der Waals surface area contributed by atoms with Crippen molar-refractivity contribution in [3.63, 3.8) is 0 Å². The first-order chi connectivity index (χ1) is 14.3. The van der Waals surface area contributed by atoms with Crippen molar-refractivity contribution in [3.05, 3.63) is 89.2 Å². The van der Waals surface area contributed by atoms with Crippen LogP contribution in [0.3, 0.4) is 0 Å². The second-order valence-corrected chi connectivity index (χ2v) is 6.49. The van der Waals surface area contributed by atoms with Gasteiger partial charge < -0.3 is 10.2 Å². The summed E-state index contributed by atoms with van der Waals surface area (Å²) < 4.78 is 39.2. The summed E-state index contributed by atoms with van der Waals surface area (Å²) in [5.74, 6) is -0.180. The van der Waals surface area contributed by atoms with E-state index < -0.39 is 17.3 Å². The van der Waals surface area contributed by atoms with Gasteiger partial charge in [-0.05, 0) is 48.0 Å². The SMILES string of the molecule is CN(C(=O)c1ccncc1)c1ccc(CNc2ccc(C#N)c(C(F)(F)F)c2)cc1. The van der Waals surface area contributed by atoms with Gasteiger partial charge in [0.25, 0.3) is 5.91 Å². The molecule has 0 bridgehead atoms. The van der Waals surface area contributed by atoms with Gasteiger partial charge in [0.1, 0.15) is 0 Å². The summed E-state index contributed by atoms with van der Waals surface area (Å²) in [6, 6.07) is 15.4. The van der Waals surface area contributed by atoms with E-state index in [0.717, 1.165) is 17.7 Å². The third-order valence-corrected chi connectivity index (χ3v) is 4.50. The van der Waals surface area contributed by atoms with E-state index in [-0.39, 0.29) is 18.1 Å². The fourth-order valence-corrected chi connectivity index (χ4v) is 2.83. The molecule has 1 amide bonds. The van der Waals surface area contributed by atoms with Gasteiger partial charge in [-0.3, -0.25) is 9.78 Å². The molecule has 0 fully saturated rings. The predicted octanol–water partition coefficient (Wildman–Crippen LogP) is 4.86. The minimum atomic E-state index is -4.60. The van der Waals surface area contributed by atoms with E-state index in [4.69, 9.17) is 5.26 Å². The van der Waals surface area contributed by atoms with Crippen LogP contribution in [0.15, 0.2) is 67.0 Å². The van der Waals surface area contributed by atoms with E-state index in [2.05, 4.69) is 10.3 Å². The van der Waals surface area contributed by atoms with Gasteiger partial charge in [-0.25, -0.2) is 0 Å². The van der Waals surface area contributed by atoms with Crippen LogP contribution in [0.4, 0.5) is 24.5 Å². The van der Waals surface area contributed by atoms with E-state index in [9.17, 15) is 18.0 Å². The number of nitrogens with one attached hydrogen (secondary N) is 1. The summed E-state index contributed by atoms with van der Waals surface area (Å²) in [4.78, 5) is 17.9. The van der Waals surface area contributed by atoms with Crippen molar-refractivity contribution >= 4 is 17.3 Å². The molecule has 152 valence electrons. The summed E-state index contributed by atoms with van der Waals surface area (Å²) in [7, 11) is 1.66. The van der Waals surface area contributed by atoms with Crippen LogP contribution in [-0.2, 0) is 12.7 Å². The third kappa shape index (κ3) is 4.75. The lowest BCUT2D eigenvalue weighted by molar-refractivity contribution is -0.137. The summed E-state index contributed by atoms with van der Waals surface area (Å²) in [6.45, 7) is 0.283. The molecule has 0 radical (unpaired) electrons. The Balaban J connectivity index is 1.68. The summed E-state index contributed by atoms with van der Waals surface area (Å²) in [5, 5.41) is 11.8. The van der Waals surface area contributed by atoms with Crippen LogP contribution in [0.1, 0.15) is 27.0 Å². The van der Waals surface area contributed by atoms with Crippen molar-refractivity contribution in [2.24, 2.45) is 0 Å². The van der Waals surface area contributed by atoms with E-state index in [1.54, 1.807) is 61.9 Å². The number of alkyl halides is 3. The van der Waals surface area contributed by atoms with E-state index in [0.29, 0.717) is 11.3 Å². The van der Waals surface area contributed by atoms with Gasteiger partial charge in [0, 0.05) is 42.9 Å². The van der Waals surface area contributed by atoms with Crippen molar-refractivity contribution in [1.29, 1.82) is 5.26 Å². The van der Waals surface area contributed by atoms with Gasteiger partial charge in [0.15, 0.2) is 0 Å². The van der Waals surface area contributed by atoms with Crippen LogP contribution in [0.25, 0.3) is 0 Å². The zero-order chi connectivity index (χ0) is 21.7. The zero-order valence-corrected chi connectivity index (χ0v) is 15.9. The number of benzene rings is 2. The minimum Gasteiger partial charge on any atom is -0.381 e. The zero-order valence-electron chi connectivity index (χ0n) is 15.9. The maximum Gasteiger partial charge on any atom is 0.417 e. The second-order valence-electron chi connectivity index (χ2n) is 6.49. The van der Waals surface area contributed by atoms with E-state index >= 15 is 0 Å². The molecule has 2 aromatic carbocycles. The van der Waals surface area contributed by atoms with Crippen LogP contribution in [0, 0.1) is 11.3 Å². The van der Waals surface area contributed by atoms with Gasteiger partial charge in [-0.15, -0.1) is 0 Å². The first-order valence-corrected chi connectivity index (χ1v) is 8.92. The largest absolute Gasteiger partial charge is 0.417 e. The highest BCUT2D eigenvalue weighted by atomic mass is 19.4. The molecule has 0 spiro atoms. The molecule has 0 aliphatic heterocycles. The quantitative estimate of drug-likeness (QED) is 0.652. The predicted molar refractivity (Wildman–Crippen MR) is 107 cm³/mol. The monoisotopic (exact) mass is 410 g/mol. The molecule has 8 heteroatoms. The molecule has 0 unspecified atom stereocenters. The lowest BCUT2D eigenvalue weighted by atomic mass is 10.1. The minimum absolute atomic E-state index is 0.180. The Morgan fingerprint density at radius 1 is 1.10 bits per heavy atom. The molecule has 1 heterocycles. The number of amides is 1. The Morgan fingerprint density at radius 3 is 2.37 bits per heavy atom. The first-order valence-electron chi connectivity index (χ1n) is 8.92. The summed E-state index contributed by atoms with van der Waals surface area (Å²) in [5.41, 5.74) is 0.885. The van der Waals surface area contributed by atoms with Gasteiger partial charge >= 0.3 is 6.18 Å². The van der Waals surface area contributed by atoms with Crippen LogP contribution < -0.4 is 10.2 Å². The highest BCUT2D eigenvalue weighted by Crippen LogP contribution is 2.33. The number of rotatable bonds is 5. The van der Waals surface area contributed by atoms with Gasteiger partial charge in [-0.2, -0.15) is 18.4 Å². The number of pyridine rings is 1. The molecule has 30 heavy (non-hydrogen) atoms. The molecule has 0 saturated heterocycles. The maximum atomic E-state index is 13.1. The summed E-state index contributed by atoms with van der Waals surface area (Å²) in [6.07, 6.45) is -1.51. The normalized spacial score (nSPS) is 10.9. The van der Waals surface area contributed by atoms with Crippen molar-refractivity contribution in [3.8, 4) is 6.07 Å². The number of carbonyl (C=O) groups is 1. The highest BCUT2D eigenvalue weighted by Gasteiger charge is 2.33. The first kappa shape index (κ1) is 20.9. The van der Waals surface area contributed by atoms with Crippen molar-refractivity contribution < 1.29 is 18.0 Å². The maximum absolute atomic E-state index is 13.1. The number of nitriles is 1. The molecule has 0 saturated carbocycles. The Morgan fingerprint density at radius 2 is 1.77 bits per heavy atom. The van der Waals surface area contributed by atoms with E-state index in [1.165, 1.54) is 11.0 Å². The lowest BCUT2D eigenvalue weighted by Gasteiger charge is -2.18. The van der Waals surface area contributed by atoms with Crippen molar-refractivity contribution in [1.82, 2.24) is 4.98 Å². The molecule has 0 aliphatic carbocycles. The van der Waals surface area contributed by atoms with E-state index in [1.807, 2.05) is 0 Å². The Labute approximate surface area is 171 Å². The fraction of sp³-hybridized carbons (Fsp3) is 0.136. The van der Waals surface area contributed by atoms with Gasteiger partial charge in [-0.1, -0.05) is 12.1 Å². The molecular weight excluding hydrogens is 393 g/mol. The number of halogens is 3. The molecule has 0 atom stereocenters. The van der Waals surface area contributed by atoms with Gasteiger partial charge in [0.2, 0.25) is 0 Å². The Hall–Kier alpha value is -3.86. The molecular formula is C22H17F3N4O. The smallest absolute Gasteiger partial charge is 0.381 e. The molecule has 0 aliphatic rings. The Kier molecular flexibility index (Phi) is 6.02. The molecule has 1 N–H and O–H groups in total. The van der Waals surface area contributed by atoms with Gasteiger partial charge in [0.05, 0.1) is 17.2 Å². The molecule has 3 aromatic rings. The number of nitrogens with zero attached hydrogens (tertiary/aromatic N) is 3. The topological polar surface area (TPSA) is 69.0 Å². The third-order valence-electron chi connectivity index (χ3n) is 4.50. The van der Waals surface area contributed by atoms with Crippen molar-refractivity contribution in [2.75, 3.05) is 17.3 Å². The average molecular weight is 410 g/mol.